The molecule has 0 heterocycles. The van der Waals surface area contributed by atoms with Crippen LogP contribution in [0.2, 0.25) is 0 Å². The Bertz CT molecular complexity index is 1410. The molecule has 0 radical (unpaired) electrons. The van der Waals surface area contributed by atoms with Crippen molar-refractivity contribution in [1.82, 2.24) is 10.6 Å². The summed E-state index contributed by atoms with van der Waals surface area (Å²) in [6.45, 7) is 5.35. The van der Waals surface area contributed by atoms with E-state index in [4.69, 9.17) is 20.7 Å². The summed E-state index contributed by atoms with van der Waals surface area (Å²) < 4.78 is 5.03. The molecule has 0 spiro atoms. The van der Waals surface area contributed by atoms with Gasteiger partial charge in [-0.3, -0.25) is 9.59 Å². The van der Waals surface area contributed by atoms with E-state index in [0.29, 0.717) is 68.5 Å². The van der Waals surface area contributed by atoms with Gasteiger partial charge in [-0.25, -0.2) is 4.79 Å². The Hall–Kier alpha value is -4.11. The van der Waals surface area contributed by atoms with Crippen molar-refractivity contribution < 1.29 is 39.5 Å². The van der Waals surface area contributed by atoms with Crippen molar-refractivity contribution in [2.24, 2.45) is 0 Å². The van der Waals surface area contributed by atoms with E-state index in [1.165, 1.54) is 12.1 Å². The zero-order valence-corrected chi connectivity index (χ0v) is 28.3. The first kappa shape index (κ1) is 41.9. The van der Waals surface area contributed by atoms with Crippen LogP contribution < -0.4 is 27.0 Å². The summed E-state index contributed by atoms with van der Waals surface area (Å²) in [4.78, 5) is 38.1. The molecule has 10 N–H and O–H groups in total. The molecule has 4 rings (SSSR count). The molecule has 1 aliphatic rings. The lowest BCUT2D eigenvalue weighted by atomic mass is 9.81. The van der Waals surface area contributed by atoms with E-state index in [1.807, 2.05) is 0 Å². The largest absolute Gasteiger partial charge is 0.507 e. The Labute approximate surface area is 292 Å². The number of esters is 1. The summed E-state index contributed by atoms with van der Waals surface area (Å²) in [6.07, 6.45) is 1.93. The number of aliphatic hydroxyl groups is 2. The van der Waals surface area contributed by atoms with Gasteiger partial charge in [0, 0.05) is 56.3 Å². The Balaban J connectivity index is 0.000000609. The normalized spacial score (nSPS) is 11.1. The van der Waals surface area contributed by atoms with Gasteiger partial charge in [0.15, 0.2) is 0 Å². The van der Waals surface area contributed by atoms with Gasteiger partial charge in [-0.15, -0.1) is 24.8 Å². The maximum absolute atomic E-state index is 13.4. The van der Waals surface area contributed by atoms with E-state index in [2.05, 4.69) is 28.2 Å². The molecule has 15 heteroatoms. The van der Waals surface area contributed by atoms with E-state index in [-0.39, 0.29) is 77.7 Å². The van der Waals surface area contributed by atoms with Crippen molar-refractivity contribution in [2.45, 2.75) is 19.8 Å². The van der Waals surface area contributed by atoms with Crippen molar-refractivity contribution in [3.8, 4) is 11.5 Å². The van der Waals surface area contributed by atoms with Crippen LogP contribution in [0.5, 0.6) is 11.5 Å². The molecular weight excluding hydrogens is 665 g/mol. The van der Waals surface area contributed by atoms with Gasteiger partial charge in [0.05, 0.1) is 47.6 Å². The fraction of sp³-hybridized carbons (Fsp3) is 0.364. The lowest BCUT2D eigenvalue weighted by Crippen LogP contribution is -2.28. The predicted molar refractivity (Wildman–Crippen MR) is 191 cm³/mol. The fourth-order valence-corrected chi connectivity index (χ4v) is 4.65. The number of aromatic hydroxyl groups is 2. The Morgan fingerprint density at radius 1 is 0.688 bits per heavy atom. The number of unbranched alkanes of at least 4 members (excludes halogenated alkanes) is 1. The van der Waals surface area contributed by atoms with E-state index in [1.54, 1.807) is 36.4 Å². The molecule has 0 aromatic heterocycles. The molecule has 0 atom stereocenters. The Morgan fingerprint density at radius 2 is 1.15 bits per heavy atom. The first-order valence-electron chi connectivity index (χ1n) is 15.2. The number of phenols is 2. The monoisotopic (exact) mass is 709 g/mol. The number of ketones is 2. The number of aliphatic hydroxyl groups excluding tert-OH is 2. The van der Waals surface area contributed by atoms with E-state index in [9.17, 15) is 24.6 Å². The number of ether oxygens (including phenoxy) is 1. The molecule has 0 fully saturated rings. The third-order valence-electron chi connectivity index (χ3n) is 6.96. The second-order valence-corrected chi connectivity index (χ2v) is 10.3. The molecule has 264 valence electrons. The van der Waals surface area contributed by atoms with Gasteiger partial charge < -0.3 is 52.2 Å². The molecule has 0 saturated heterocycles. The van der Waals surface area contributed by atoms with Crippen LogP contribution in [0.15, 0.2) is 48.5 Å². The minimum absolute atomic E-state index is 0. The lowest BCUT2D eigenvalue weighted by Gasteiger charge is -2.25. The van der Waals surface area contributed by atoms with Crippen LogP contribution in [0.4, 0.5) is 17.1 Å². The number of carbonyl (C=O) groups excluding carboxylic acids is 3. The highest BCUT2D eigenvalue weighted by molar-refractivity contribution is 6.33. The van der Waals surface area contributed by atoms with Crippen molar-refractivity contribution >= 4 is 59.4 Å². The zero-order chi connectivity index (χ0) is 33.5. The number of rotatable bonds is 16. The topological polar surface area (TPSA) is 216 Å². The summed E-state index contributed by atoms with van der Waals surface area (Å²) in [5, 5.41) is 50.6. The van der Waals surface area contributed by atoms with Gasteiger partial charge in [-0.05, 0) is 55.0 Å². The molecule has 48 heavy (non-hydrogen) atoms. The van der Waals surface area contributed by atoms with E-state index < -0.39 is 11.6 Å². The molecule has 0 amide bonds. The molecular formula is C33H45Cl2N5O8. The third kappa shape index (κ3) is 11.3. The lowest BCUT2D eigenvalue weighted by molar-refractivity contribution is 0.0499. The van der Waals surface area contributed by atoms with Crippen molar-refractivity contribution in [2.75, 3.05) is 75.5 Å². The first-order valence-corrected chi connectivity index (χ1v) is 15.2. The number of halogens is 2. The van der Waals surface area contributed by atoms with Crippen LogP contribution >= 0.6 is 24.8 Å². The minimum atomic E-state index is -0.559. The number of hydrogen-bond donors (Lipinski definition) is 9. The highest BCUT2D eigenvalue weighted by atomic mass is 35.5. The highest BCUT2D eigenvalue weighted by Crippen LogP contribution is 2.42. The van der Waals surface area contributed by atoms with Crippen molar-refractivity contribution in [1.29, 1.82) is 0 Å². The first-order chi connectivity index (χ1) is 22.2. The van der Waals surface area contributed by atoms with Crippen molar-refractivity contribution in [3.63, 3.8) is 0 Å². The predicted octanol–water partition coefficient (Wildman–Crippen LogP) is 2.93. The number of carbonyl (C=O) groups is 3. The van der Waals surface area contributed by atoms with E-state index in [0.717, 1.165) is 12.8 Å². The number of nitrogens with one attached hydrogen (secondary N) is 4. The quantitative estimate of drug-likeness (QED) is 0.0354. The van der Waals surface area contributed by atoms with Crippen LogP contribution in [-0.4, -0.2) is 97.1 Å². The van der Waals surface area contributed by atoms with Gasteiger partial charge in [0.2, 0.25) is 11.6 Å². The third-order valence-corrected chi connectivity index (χ3v) is 6.96. The second kappa shape index (κ2) is 21.7. The Morgan fingerprint density at radius 3 is 1.56 bits per heavy atom. The fourth-order valence-electron chi connectivity index (χ4n) is 4.65. The van der Waals surface area contributed by atoms with Gasteiger partial charge in [0.25, 0.3) is 0 Å². The summed E-state index contributed by atoms with van der Waals surface area (Å²) >= 11 is 0. The standard InChI is InChI=1S/C22H28N4O6.C11H15NO2.2ClH/c27-11-9-23-5-7-25-13-1-2-14(26-8-6-24-10-12-28)18-17(13)21(31)19-15(29)3-4-16(30)20(19)22(18)32;1-2-3-8-14-11(13)9-4-6-10(12)7-5-9;;/h1-4,23-30H,5-12H2;4-7H,2-3,8,12H2,1H3;2*1H. The van der Waals surface area contributed by atoms with Gasteiger partial charge in [-0.2, -0.15) is 0 Å². The number of anilines is 3. The SMILES string of the molecule is CCCCOC(=O)c1ccc(N)cc1.Cl.Cl.O=C1c2c(O)ccc(O)c2C(=O)c2c(NCCNCCO)ccc(NCCNCCO)c21. The number of phenolic OH excluding ortho intramolecular Hbond substituents is 2. The Kier molecular flexibility index (Phi) is 18.9. The minimum Gasteiger partial charge on any atom is -0.507 e. The van der Waals surface area contributed by atoms with Gasteiger partial charge in [0.1, 0.15) is 11.5 Å². The van der Waals surface area contributed by atoms with Crippen LogP contribution in [0.1, 0.15) is 62.0 Å². The summed E-state index contributed by atoms with van der Waals surface area (Å²) in [5.41, 5.74) is 7.37. The molecule has 0 saturated carbocycles. The van der Waals surface area contributed by atoms with Crippen LogP contribution in [0, 0.1) is 0 Å². The highest BCUT2D eigenvalue weighted by Gasteiger charge is 2.37. The zero-order valence-electron chi connectivity index (χ0n) is 26.7. The second-order valence-electron chi connectivity index (χ2n) is 10.3. The molecule has 3 aromatic rings. The van der Waals surface area contributed by atoms with Crippen molar-refractivity contribution in [3.05, 3.63) is 76.3 Å². The number of hydrogen-bond acceptors (Lipinski definition) is 13. The maximum Gasteiger partial charge on any atom is 0.338 e. The molecule has 13 nitrogen and oxygen atoms in total. The van der Waals surface area contributed by atoms with Crippen LogP contribution in [-0.2, 0) is 4.74 Å². The molecule has 1 aliphatic carbocycles. The van der Waals surface area contributed by atoms with Crippen LogP contribution in [0.25, 0.3) is 0 Å². The maximum atomic E-state index is 13.4. The number of nitrogens with two attached hydrogens (primary N) is 1. The smallest absolute Gasteiger partial charge is 0.338 e. The molecule has 3 aromatic carbocycles. The molecule has 0 unspecified atom stereocenters. The summed E-state index contributed by atoms with van der Waals surface area (Å²) in [7, 11) is 0. The van der Waals surface area contributed by atoms with Gasteiger partial charge >= 0.3 is 5.97 Å². The van der Waals surface area contributed by atoms with Crippen LogP contribution in [0.3, 0.4) is 0 Å². The summed E-state index contributed by atoms with van der Waals surface area (Å²) in [5.74, 6) is -2.14. The number of nitrogen functional groups attached to an aromatic ring is 1. The van der Waals surface area contributed by atoms with E-state index >= 15 is 0 Å². The molecule has 0 bridgehead atoms. The van der Waals surface area contributed by atoms with Gasteiger partial charge in [-0.1, -0.05) is 13.3 Å². The number of fused-ring (bicyclic) bond motifs is 2. The summed E-state index contributed by atoms with van der Waals surface area (Å²) in [6, 6.07) is 12.5. The average molecular weight is 711 g/mol. The number of benzene rings is 3. The molecule has 0 aliphatic heterocycles. The average Bonchev–Trinajstić information content (AvgIpc) is 3.05.